The Kier molecular flexibility index (Phi) is 4.10. The number of para-hydroxylation sites is 2. The molecule has 2 N–H and O–H groups in total. The van der Waals surface area contributed by atoms with Gasteiger partial charge in [-0.2, -0.15) is 0 Å². The first-order chi connectivity index (χ1) is 12.8. The van der Waals surface area contributed by atoms with Crippen molar-refractivity contribution in [2.24, 2.45) is 0 Å². The quantitative estimate of drug-likeness (QED) is 0.621. The minimum absolute atomic E-state index is 0.218. The van der Waals surface area contributed by atoms with Gasteiger partial charge >= 0.3 is 0 Å². The highest BCUT2D eigenvalue weighted by molar-refractivity contribution is 5.81. The molecule has 0 amide bonds. The molecule has 0 saturated carbocycles. The van der Waals surface area contributed by atoms with Crippen LogP contribution >= 0.6 is 0 Å². The van der Waals surface area contributed by atoms with Gasteiger partial charge in [-0.15, -0.1) is 0 Å². The van der Waals surface area contributed by atoms with Crippen molar-refractivity contribution in [3.8, 4) is 0 Å². The highest BCUT2D eigenvalue weighted by atomic mass is 16.3. The second-order valence-corrected chi connectivity index (χ2v) is 7.93. The van der Waals surface area contributed by atoms with E-state index in [-0.39, 0.29) is 6.42 Å². The molecule has 1 aliphatic heterocycles. The summed E-state index contributed by atoms with van der Waals surface area (Å²) in [6.07, 6.45) is 0.218. The number of anilines is 3. The van der Waals surface area contributed by atoms with Crippen LogP contribution in [0.4, 0.5) is 17.1 Å². The number of aryl methyl sites for hydroxylation is 1. The van der Waals surface area contributed by atoms with Gasteiger partial charge in [0.15, 0.2) is 0 Å². The summed E-state index contributed by atoms with van der Waals surface area (Å²) in [5, 5.41) is 22.6. The third-order valence-corrected chi connectivity index (χ3v) is 5.43. The highest BCUT2D eigenvalue weighted by Crippen LogP contribution is 2.49. The molecule has 0 saturated heterocycles. The molecule has 0 radical (unpaired) electrons. The van der Waals surface area contributed by atoms with Gasteiger partial charge in [0.05, 0.1) is 22.6 Å². The third-order valence-electron chi connectivity index (χ3n) is 5.43. The highest BCUT2D eigenvalue weighted by Gasteiger charge is 2.41. The average molecular weight is 359 g/mol. The Balaban J connectivity index is 2.07. The fraction of sp³-hybridized carbons (Fsp3) is 0.250. The van der Waals surface area contributed by atoms with E-state index in [0.29, 0.717) is 0 Å². The first-order valence-corrected chi connectivity index (χ1v) is 9.30. The summed E-state index contributed by atoms with van der Waals surface area (Å²) in [6, 6.07) is 24.1. The smallest absolute Gasteiger partial charge is 0.0919 e. The number of rotatable bonds is 1. The number of nitrogens with zero attached hydrogens (tertiary/aromatic N) is 1. The second kappa shape index (κ2) is 6.22. The van der Waals surface area contributed by atoms with E-state index in [4.69, 9.17) is 0 Å². The minimum atomic E-state index is -1.17. The Bertz CT molecular complexity index is 916. The summed E-state index contributed by atoms with van der Waals surface area (Å²) >= 11 is 0. The summed E-state index contributed by atoms with van der Waals surface area (Å²) in [5.41, 5.74) is 3.30. The number of benzene rings is 3. The lowest BCUT2D eigenvalue weighted by atomic mass is 9.77. The van der Waals surface area contributed by atoms with Gasteiger partial charge in [0.1, 0.15) is 0 Å². The number of hydrogen-bond donors (Lipinski definition) is 2. The van der Waals surface area contributed by atoms with Gasteiger partial charge in [-0.25, -0.2) is 0 Å². The van der Waals surface area contributed by atoms with E-state index in [1.165, 1.54) is 5.56 Å². The van der Waals surface area contributed by atoms with Crippen LogP contribution in [0.15, 0.2) is 72.8 Å². The second-order valence-electron chi connectivity index (χ2n) is 7.93. The van der Waals surface area contributed by atoms with Crippen LogP contribution < -0.4 is 4.90 Å². The Hall–Kier alpha value is -2.62. The van der Waals surface area contributed by atoms with Gasteiger partial charge in [0.25, 0.3) is 0 Å². The molecule has 0 bridgehead atoms. The molecule has 4 rings (SSSR count). The summed E-state index contributed by atoms with van der Waals surface area (Å²) in [7, 11) is 0. The Morgan fingerprint density at radius 2 is 1.15 bits per heavy atom. The van der Waals surface area contributed by atoms with E-state index in [1.54, 1.807) is 13.8 Å². The van der Waals surface area contributed by atoms with Crippen molar-refractivity contribution < 1.29 is 10.2 Å². The SMILES string of the molecule is Cc1ccc(N2c3ccccc3[C@@](C)(O)C[C@@](C)(O)c3ccccc32)cc1. The lowest BCUT2D eigenvalue weighted by molar-refractivity contribution is -0.0525. The molecule has 1 heterocycles. The van der Waals surface area contributed by atoms with Gasteiger partial charge in [-0.05, 0) is 45.0 Å². The molecular weight excluding hydrogens is 334 g/mol. The van der Waals surface area contributed by atoms with E-state index in [0.717, 1.165) is 28.2 Å². The van der Waals surface area contributed by atoms with Crippen LogP contribution in [0.2, 0.25) is 0 Å². The summed E-state index contributed by atoms with van der Waals surface area (Å²) in [5.74, 6) is 0. The van der Waals surface area contributed by atoms with Gasteiger partial charge in [-0.3, -0.25) is 0 Å². The normalized spacial score (nSPS) is 24.6. The van der Waals surface area contributed by atoms with Crippen LogP contribution in [-0.2, 0) is 11.2 Å². The lowest BCUT2D eigenvalue weighted by Gasteiger charge is -2.42. The Morgan fingerprint density at radius 3 is 1.63 bits per heavy atom. The average Bonchev–Trinajstić information content (AvgIpc) is 2.63. The molecule has 1 aliphatic rings. The van der Waals surface area contributed by atoms with Crippen molar-refractivity contribution in [1.29, 1.82) is 0 Å². The van der Waals surface area contributed by atoms with Crippen LogP contribution in [0.3, 0.4) is 0 Å². The molecule has 0 aromatic heterocycles. The van der Waals surface area contributed by atoms with Crippen LogP contribution in [0.5, 0.6) is 0 Å². The molecule has 0 aliphatic carbocycles. The van der Waals surface area contributed by atoms with Crippen LogP contribution in [0, 0.1) is 6.92 Å². The standard InChI is InChI=1S/C24H25NO2/c1-17-12-14-18(15-13-17)25-21-10-6-4-8-19(21)23(2,26)16-24(3,27)20-9-5-7-11-22(20)25/h4-15,26-27H,16H2,1-3H3/t23-,24+. The third kappa shape index (κ3) is 3.03. The first-order valence-electron chi connectivity index (χ1n) is 9.30. The van der Waals surface area contributed by atoms with E-state index < -0.39 is 11.2 Å². The zero-order chi connectivity index (χ0) is 19.2. The van der Waals surface area contributed by atoms with Crippen molar-refractivity contribution in [3.63, 3.8) is 0 Å². The summed E-state index contributed by atoms with van der Waals surface area (Å²) in [6.45, 7) is 5.62. The molecule has 0 unspecified atom stereocenters. The minimum Gasteiger partial charge on any atom is -0.385 e. The van der Waals surface area contributed by atoms with Crippen molar-refractivity contribution in [2.45, 2.75) is 38.4 Å². The zero-order valence-corrected chi connectivity index (χ0v) is 16.0. The van der Waals surface area contributed by atoms with Gasteiger partial charge in [-0.1, -0.05) is 54.1 Å². The maximum absolute atomic E-state index is 11.3. The van der Waals surface area contributed by atoms with Gasteiger partial charge in [0.2, 0.25) is 0 Å². The molecule has 27 heavy (non-hydrogen) atoms. The molecule has 3 nitrogen and oxygen atoms in total. The summed E-state index contributed by atoms with van der Waals surface area (Å²) in [4.78, 5) is 2.13. The van der Waals surface area contributed by atoms with E-state index >= 15 is 0 Å². The number of aliphatic hydroxyl groups is 2. The van der Waals surface area contributed by atoms with Crippen molar-refractivity contribution in [2.75, 3.05) is 4.90 Å². The van der Waals surface area contributed by atoms with Gasteiger partial charge < -0.3 is 15.1 Å². The topological polar surface area (TPSA) is 43.7 Å². The van der Waals surface area contributed by atoms with Crippen molar-refractivity contribution in [1.82, 2.24) is 0 Å². The van der Waals surface area contributed by atoms with Crippen LogP contribution in [0.1, 0.15) is 37.0 Å². The Labute approximate surface area is 160 Å². The van der Waals surface area contributed by atoms with E-state index in [1.807, 2.05) is 48.5 Å². The molecule has 0 fully saturated rings. The van der Waals surface area contributed by atoms with Crippen molar-refractivity contribution >= 4 is 17.1 Å². The number of hydrogen-bond acceptors (Lipinski definition) is 3. The molecule has 2 atom stereocenters. The predicted octanol–water partition coefficient (Wildman–Crippen LogP) is 5.28. The molecule has 138 valence electrons. The maximum atomic E-state index is 11.3. The molecule has 3 aromatic rings. The molecule has 3 aromatic carbocycles. The van der Waals surface area contributed by atoms with E-state index in [9.17, 15) is 10.2 Å². The molecule has 3 heteroatoms. The summed E-state index contributed by atoms with van der Waals surface area (Å²) < 4.78 is 0. The fourth-order valence-corrected chi connectivity index (χ4v) is 4.21. The zero-order valence-electron chi connectivity index (χ0n) is 16.0. The first kappa shape index (κ1) is 17.8. The van der Waals surface area contributed by atoms with Crippen LogP contribution in [0.25, 0.3) is 0 Å². The molecular formula is C24H25NO2. The largest absolute Gasteiger partial charge is 0.385 e. The Morgan fingerprint density at radius 1 is 0.704 bits per heavy atom. The number of fused-ring (bicyclic) bond motifs is 2. The lowest BCUT2D eigenvalue weighted by Crippen LogP contribution is -2.37. The fourth-order valence-electron chi connectivity index (χ4n) is 4.21. The molecule has 0 spiro atoms. The predicted molar refractivity (Wildman–Crippen MR) is 110 cm³/mol. The van der Waals surface area contributed by atoms with E-state index in [2.05, 4.69) is 36.1 Å². The van der Waals surface area contributed by atoms with Crippen LogP contribution in [-0.4, -0.2) is 10.2 Å². The monoisotopic (exact) mass is 359 g/mol. The van der Waals surface area contributed by atoms with Gasteiger partial charge in [0, 0.05) is 23.2 Å². The van der Waals surface area contributed by atoms with Crippen molar-refractivity contribution in [3.05, 3.63) is 89.5 Å². The maximum Gasteiger partial charge on any atom is 0.0919 e.